The van der Waals surface area contributed by atoms with Crippen LogP contribution in [0.1, 0.15) is 12.5 Å². The number of amides is 1. The van der Waals surface area contributed by atoms with E-state index in [1.807, 2.05) is 6.92 Å². The smallest absolute Gasteiger partial charge is 0.280 e. The third-order valence-electron chi connectivity index (χ3n) is 4.03. The van der Waals surface area contributed by atoms with Crippen LogP contribution >= 0.6 is 11.8 Å². The fraction of sp³-hybridized carbons (Fsp3) is 0.158. The number of nitro benzene ring substituents is 1. The predicted molar refractivity (Wildman–Crippen MR) is 108 cm³/mol. The molecule has 1 saturated heterocycles. The van der Waals surface area contributed by atoms with Gasteiger partial charge < -0.3 is 19.5 Å². The molecule has 0 unspecified atom stereocenters. The van der Waals surface area contributed by atoms with Gasteiger partial charge in [-0.1, -0.05) is 0 Å². The van der Waals surface area contributed by atoms with Crippen molar-refractivity contribution in [2.45, 2.75) is 6.92 Å². The van der Waals surface area contributed by atoms with E-state index < -0.39 is 4.92 Å². The van der Waals surface area contributed by atoms with Crippen molar-refractivity contribution in [3.05, 3.63) is 57.0 Å². The van der Waals surface area contributed by atoms with Crippen molar-refractivity contribution in [2.75, 3.05) is 13.4 Å². The van der Waals surface area contributed by atoms with E-state index in [0.717, 1.165) is 17.5 Å². The summed E-state index contributed by atoms with van der Waals surface area (Å²) < 4.78 is 15.8. The van der Waals surface area contributed by atoms with Gasteiger partial charge in [-0.15, -0.1) is 0 Å². The first-order chi connectivity index (χ1) is 14.0. The maximum Gasteiger partial charge on any atom is 0.280 e. The fourth-order valence-corrected chi connectivity index (χ4v) is 3.58. The number of ether oxygens (including phenoxy) is 3. The Morgan fingerprint density at radius 1 is 1.28 bits per heavy atom. The van der Waals surface area contributed by atoms with Crippen molar-refractivity contribution in [2.24, 2.45) is 4.99 Å². The average Bonchev–Trinajstić information content (AvgIpc) is 3.29. The Morgan fingerprint density at radius 2 is 2.00 bits per heavy atom. The molecule has 9 nitrogen and oxygen atoms in total. The Kier molecular flexibility index (Phi) is 5.09. The zero-order valence-electron chi connectivity index (χ0n) is 15.2. The molecule has 0 aliphatic carbocycles. The van der Waals surface area contributed by atoms with Crippen LogP contribution in [0.2, 0.25) is 0 Å². The van der Waals surface area contributed by atoms with E-state index in [2.05, 4.69) is 10.3 Å². The lowest BCUT2D eigenvalue weighted by Gasteiger charge is -2.02. The van der Waals surface area contributed by atoms with Crippen LogP contribution in [0.4, 0.5) is 11.4 Å². The van der Waals surface area contributed by atoms with Gasteiger partial charge in [-0.3, -0.25) is 14.9 Å². The Hall–Kier alpha value is -3.53. The number of amidine groups is 1. The summed E-state index contributed by atoms with van der Waals surface area (Å²) in [6.45, 7) is 2.47. The normalized spacial score (nSPS) is 17.6. The van der Waals surface area contributed by atoms with E-state index in [1.54, 1.807) is 24.3 Å². The van der Waals surface area contributed by atoms with Crippen LogP contribution in [0.5, 0.6) is 17.2 Å². The highest BCUT2D eigenvalue weighted by Crippen LogP contribution is 2.40. The summed E-state index contributed by atoms with van der Waals surface area (Å²) in [5.41, 5.74) is 0.720. The van der Waals surface area contributed by atoms with Crippen molar-refractivity contribution in [3.63, 3.8) is 0 Å². The number of carbonyl (C=O) groups is 1. The van der Waals surface area contributed by atoms with E-state index >= 15 is 0 Å². The molecule has 0 atom stereocenters. The highest BCUT2D eigenvalue weighted by molar-refractivity contribution is 8.18. The lowest BCUT2D eigenvalue weighted by Crippen LogP contribution is -2.19. The van der Waals surface area contributed by atoms with Crippen molar-refractivity contribution < 1.29 is 23.9 Å². The molecule has 0 bridgehead atoms. The summed E-state index contributed by atoms with van der Waals surface area (Å²) in [5.74, 6) is 1.05. The molecule has 1 amide bonds. The van der Waals surface area contributed by atoms with Gasteiger partial charge in [0, 0.05) is 0 Å². The third kappa shape index (κ3) is 4.02. The van der Waals surface area contributed by atoms with Gasteiger partial charge in [-0.25, -0.2) is 4.99 Å². The van der Waals surface area contributed by atoms with Gasteiger partial charge in [0.2, 0.25) is 6.79 Å². The molecule has 0 saturated carbocycles. The van der Waals surface area contributed by atoms with Crippen molar-refractivity contribution in [3.8, 4) is 17.2 Å². The van der Waals surface area contributed by atoms with E-state index in [0.29, 0.717) is 29.0 Å². The molecule has 4 rings (SSSR count). The maximum absolute atomic E-state index is 12.3. The lowest BCUT2D eigenvalue weighted by molar-refractivity contribution is -0.385. The Morgan fingerprint density at radius 3 is 2.69 bits per heavy atom. The first kappa shape index (κ1) is 18.8. The van der Waals surface area contributed by atoms with Crippen LogP contribution in [-0.4, -0.2) is 29.4 Å². The number of benzene rings is 2. The van der Waals surface area contributed by atoms with Crippen molar-refractivity contribution in [1.29, 1.82) is 0 Å². The second-order valence-corrected chi connectivity index (χ2v) is 6.96. The summed E-state index contributed by atoms with van der Waals surface area (Å²) in [6.07, 6.45) is 1.45. The topological polar surface area (TPSA) is 112 Å². The highest BCUT2D eigenvalue weighted by atomic mass is 32.2. The van der Waals surface area contributed by atoms with E-state index in [-0.39, 0.29) is 28.9 Å². The standard InChI is InChI=1S/C19H15N3O6S/c1-2-26-13-5-3-12(4-6-13)20-19-21-18(23)17(29-19)8-11-7-15-16(28-10-27-15)9-14(11)22(24)25/h3-9H,2,10H2,1H3,(H,20,21,23). The molecule has 148 valence electrons. The van der Waals surface area contributed by atoms with Crippen molar-refractivity contribution in [1.82, 2.24) is 5.32 Å². The number of carbonyl (C=O) groups excluding carboxylic acids is 1. The number of aliphatic imine (C=N–C) groups is 1. The largest absolute Gasteiger partial charge is 0.494 e. The summed E-state index contributed by atoms with van der Waals surface area (Å²) in [6, 6.07) is 9.91. The number of rotatable bonds is 5. The number of nitro groups is 1. The molecule has 29 heavy (non-hydrogen) atoms. The van der Waals surface area contributed by atoms with Gasteiger partial charge in [0.15, 0.2) is 16.7 Å². The first-order valence-corrected chi connectivity index (χ1v) is 9.45. The van der Waals surface area contributed by atoms with Gasteiger partial charge in [0.1, 0.15) is 5.75 Å². The minimum Gasteiger partial charge on any atom is -0.494 e. The first-order valence-electron chi connectivity index (χ1n) is 8.64. The zero-order valence-corrected chi connectivity index (χ0v) is 16.0. The van der Waals surface area contributed by atoms with Crippen molar-refractivity contribution >= 4 is 40.3 Å². The van der Waals surface area contributed by atoms with Crippen LogP contribution in [-0.2, 0) is 4.79 Å². The molecule has 2 aliphatic heterocycles. The van der Waals surface area contributed by atoms with E-state index in [9.17, 15) is 14.9 Å². The summed E-state index contributed by atoms with van der Waals surface area (Å²) >= 11 is 1.10. The number of nitrogens with zero attached hydrogens (tertiary/aromatic N) is 2. The molecular formula is C19H15N3O6S. The van der Waals surface area contributed by atoms with Crippen LogP contribution < -0.4 is 19.5 Å². The predicted octanol–water partition coefficient (Wildman–Crippen LogP) is 3.61. The SMILES string of the molecule is CCOc1ccc(N=C2NC(=O)C(=Cc3cc4c(cc3[N+](=O)[O-])OCO4)S2)cc1. The van der Waals surface area contributed by atoms with E-state index in [4.69, 9.17) is 14.2 Å². The number of nitrogens with one attached hydrogen (secondary N) is 1. The molecule has 0 aromatic heterocycles. The molecule has 2 aromatic carbocycles. The second kappa shape index (κ2) is 7.84. The zero-order chi connectivity index (χ0) is 20.4. The molecule has 10 heteroatoms. The van der Waals surface area contributed by atoms with E-state index in [1.165, 1.54) is 18.2 Å². The number of thioether (sulfide) groups is 1. The summed E-state index contributed by atoms with van der Waals surface area (Å²) in [5, 5.41) is 14.4. The van der Waals surface area contributed by atoms with Gasteiger partial charge in [0.25, 0.3) is 11.6 Å². The minimum absolute atomic E-state index is 0.000635. The Bertz CT molecular complexity index is 1050. The number of fused-ring (bicyclic) bond motifs is 1. The summed E-state index contributed by atoms with van der Waals surface area (Å²) in [7, 11) is 0. The minimum atomic E-state index is -0.527. The lowest BCUT2D eigenvalue weighted by atomic mass is 10.1. The summed E-state index contributed by atoms with van der Waals surface area (Å²) in [4.78, 5) is 27.9. The monoisotopic (exact) mass is 413 g/mol. The second-order valence-electron chi connectivity index (χ2n) is 5.93. The quantitative estimate of drug-likeness (QED) is 0.453. The average molecular weight is 413 g/mol. The van der Waals surface area contributed by atoms with Gasteiger partial charge >= 0.3 is 0 Å². The highest BCUT2D eigenvalue weighted by Gasteiger charge is 2.27. The molecule has 1 fully saturated rings. The molecule has 1 N–H and O–H groups in total. The van der Waals surface area contributed by atoms with Gasteiger partial charge in [-0.05, 0) is 55.1 Å². The molecule has 0 radical (unpaired) electrons. The van der Waals surface area contributed by atoms with Crippen LogP contribution in [0, 0.1) is 10.1 Å². The third-order valence-corrected chi connectivity index (χ3v) is 4.94. The molecule has 2 heterocycles. The van der Waals surface area contributed by atoms with Crippen LogP contribution in [0.15, 0.2) is 46.3 Å². The maximum atomic E-state index is 12.3. The Labute approximate surface area is 169 Å². The molecule has 2 aromatic rings. The number of hydrogen-bond acceptors (Lipinski definition) is 8. The molecular weight excluding hydrogens is 398 g/mol. The number of hydrogen-bond donors (Lipinski definition) is 1. The van der Waals surface area contributed by atoms with Gasteiger partial charge in [-0.2, -0.15) is 0 Å². The Balaban J connectivity index is 1.60. The van der Waals surface area contributed by atoms with Gasteiger partial charge in [0.05, 0.1) is 33.8 Å². The van der Waals surface area contributed by atoms with Crippen LogP contribution in [0.3, 0.4) is 0 Å². The van der Waals surface area contributed by atoms with Crippen LogP contribution in [0.25, 0.3) is 6.08 Å². The molecule has 0 spiro atoms. The fourth-order valence-electron chi connectivity index (χ4n) is 2.74. The molecule has 2 aliphatic rings.